The highest BCUT2D eigenvalue weighted by atomic mass is 16.5. The minimum Gasteiger partial charge on any atom is -0.394 e. The van der Waals surface area contributed by atoms with E-state index in [4.69, 9.17) is 4.74 Å². The van der Waals surface area contributed by atoms with E-state index in [1.165, 1.54) is 0 Å². The fourth-order valence-corrected chi connectivity index (χ4v) is 2.11. The standard InChI is InChI=1S/C13H19N3O3/c1-2-14-12-11(4-3-5-15-12)13(18)16-6-7-19-9-10(16)8-17/h3-5,10,17H,2,6-9H2,1H3,(H,14,15). The molecule has 6 heteroatoms. The lowest BCUT2D eigenvalue weighted by atomic mass is 10.1. The summed E-state index contributed by atoms with van der Waals surface area (Å²) in [7, 11) is 0. The minimum absolute atomic E-state index is 0.0947. The fraction of sp³-hybridized carbons (Fsp3) is 0.538. The average molecular weight is 265 g/mol. The number of nitrogens with one attached hydrogen (secondary N) is 1. The van der Waals surface area contributed by atoms with Crippen LogP contribution >= 0.6 is 0 Å². The molecule has 0 spiro atoms. The van der Waals surface area contributed by atoms with Crippen molar-refractivity contribution < 1.29 is 14.6 Å². The number of amides is 1. The van der Waals surface area contributed by atoms with E-state index >= 15 is 0 Å². The van der Waals surface area contributed by atoms with Gasteiger partial charge >= 0.3 is 0 Å². The second-order valence-electron chi connectivity index (χ2n) is 4.34. The molecule has 6 nitrogen and oxygen atoms in total. The van der Waals surface area contributed by atoms with E-state index in [1.807, 2.05) is 6.92 Å². The Kier molecular flexibility index (Phi) is 4.70. The summed E-state index contributed by atoms with van der Waals surface area (Å²) in [4.78, 5) is 18.4. The molecular formula is C13H19N3O3. The molecule has 0 bridgehead atoms. The Bertz CT molecular complexity index is 439. The zero-order valence-corrected chi connectivity index (χ0v) is 11.0. The molecule has 0 aliphatic carbocycles. The molecule has 1 saturated heterocycles. The first-order chi connectivity index (χ1) is 9.27. The summed E-state index contributed by atoms with van der Waals surface area (Å²) in [5.74, 6) is 0.463. The third-order valence-corrected chi connectivity index (χ3v) is 3.08. The molecule has 19 heavy (non-hydrogen) atoms. The molecular weight excluding hydrogens is 246 g/mol. The van der Waals surface area contributed by atoms with Crippen molar-refractivity contribution in [3.8, 4) is 0 Å². The predicted octanol–water partition coefficient (Wildman–Crippen LogP) is 0.347. The number of nitrogens with zero attached hydrogens (tertiary/aromatic N) is 2. The number of aliphatic hydroxyl groups excluding tert-OH is 1. The topological polar surface area (TPSA) is 74.7 Å². The number of anilines is 1. The first kappa shape index (κ1) is 13.8. The van der Waals surface area contributed by atoms with Crippen LogP contribution in [-0.4, -0.2) is 59.8 Å². The number of morpholine rings is 1. The smallest absolute Gasteiger partial charge is 0.258 e. The molecule has 1 aliphatic rings. The van der Waals surface area contributed by atoms with Gasteiger partial charge in [0.1, 0.15) is 5.82 Å². The van der Waals surface area contributed by atoms with Crippen molar-refractivity contribution in [2.75, 3.05) is 38.2 Å². The van der Waals surface area contributed by atoms with Gasteiger partial charge in [-0.3, -0.25) is 4.79 Å². The van der Waals surface area contributed by atoms with Crippen LogP contribution in [0.5, 0.6) is 0 Å². The van der Waals surface area contributed by atoms with Crippen LogP contribution in [0.25, 0.3) is 0 Å². The number of rotatable bonds is 4. The van der Waals surface area contributed by atoms with E-state index in [-0.39, 0.29) is 18.6 Å². The molecule has 104 valence electrons. The number of aromatic nitrogens is 1. The van der Waals surface area contributed by atoms with E-state index in [9.17, 15) is 9.90 Å². The second-order valence-corrected chi connectivity index (χ2v) is 4.34. The lowest BCUT2D eigenvalue weighted by molar-refractivity contribution is -0.0183. The number of hydrogen-bond acceptors (Lipinski definition) is 5. The Morgan fingerprint density at radius 2 is 2.53 bits per heavy atom. The average Bonchev–Trinajstić information content (AvgIpc) is 2.47. The van der Waals surface area contributed by atoms with E-state index in [0.717, 1.165) is 0 Å². The zero-order valence-electron chi connectivity index (χ0n) is 11.0. The molecule has 1 fully saturated rings. The van der Waals surface area contributed by atoms with Crippen molar-refractivity contribution in [3.63, 3.8) is 0 Å². The van der Waals surface area contributed by atoms with E-state index in [0.29, 0.717) is 37.7 Å². The van der Waals surface area contributed by atoms with Crippen molar-refractivity contribution in [1.82, 2.24) is 9.88 Å². The molecule has 1 aromatic heterocycles. The maximum atomic E-state index is 12.5. The molecule has 2 N–H and O–H groups in total. The van der Waals surface area contributed by atoms with Gasteiger partial charge in [-0.25, -0.2) is 4.98 Å². The number of ether oxygens (including phenoxy) is 1. The van der Waals surface area contributed by atoms with E-state index in [1.54, 1.807) is 23.2 Å². The summed E-state index contributed by atoms with van der Waals surface area (Å²) in [6, 6.07) is 3.20. The maximum Gasteiger partial charge on any atom is 0.258 e. The van der Waals surface area contributed by atoms with Crippen molar-refractivity contribution >= 4 is 11.7 Å². The van der Waals surface area contributed by atoms with Gasteiger partial charge in [0.25, 0.3) is 5.91 Å². The Morgan fingerprint density at radius 3 is 3.26 bits per heavy atom. The first-order valence-corrected chi connectivity index (χ1v) is 6.46. The summed E-state index contributed by atoms with van der Waals surface area (Å²) >= 11 is 0. The molecule has 1 aliphatic heterocycles. The summed E-state index contributed by atoms with van der Waals surface area (Å²) in [5, 5.41) is 12.4. The van der Waals surface area contributed by atoms with Crippen LogP contribution in [0.2, 0.25) is 0 Å². The third-order valence-electron chi connectivity index (χ3n) is 3.08. The van der Waals surface area contributed by atoms with Crippen molar-refractivity contribution in [1.29, 1.82) is 0 Å². The van der Waals surface area contributed by atoms with Gasteiger partial charge in [0.05, 0.1) is 31.4 Å². The van der Waals surface area contributed by atoms with E-state index < -0.39 is 0 Å². The normalized spacial score (nSPS) is 19.3. The Morgan fingerprint density at radius 1 is 1.68 bits per heavy atom. The maximum absolute atomic E-state index is 12.5. The molecule has 1 amide bonds. The number of carbonyl (C=O) groups is 1. The van der Waals surface area contributed by atoms with Crippen LogP contribution in [-0.2, 0) is 4.74 Å². The van der Waals surface area contributed by atoms with Crippen LogP contribution in [0, 0.1) is 0 Å². The van der Waals surface area contributed by atoms with Crippen LogP contribution in [0.4, 0.5) is 5.82 Å². The molecule has 2 heterocycles. The number of carbonyl (C=O) groups excluding carboxylic acids is 1. The van der Waals surface area contributed by atoms with Crippen LogP contribution in [0.15, 0.2) is 18.3 Å². The molecule has 1 atom stereocenters. The summed E-state index contributed by atoms with van der Waals surface area (Å²) < 4.78 is 5.28. The largest absolute Gasteiger partial charge is 0.394 e. The van der Waals surface area contributed by atoms with Gasteiger partial charge in [0.2, 0.25) is 0 Å². The molecule has 0 radical (unpaired) electrons. The fourth-order valence-electron chi connectivity index (χ4n) is 2.11. The van der Waals surface area contributed by atoms with Gasteiger partial charge in [0, 0.05) is 19.3 Å². The lowest BCUT2D eigenvalue weighted by Gasteiger charge is -2.34. The lowest BCUT2D eigenvalue weighted by Crippen LogP contribution is -2.50. The highest BCUT2D eigenvalue weighted by molar-refractivity contribution is 5.99. The predicted molar refractivity (Wildman–Crippen MR) is 71.1 cm³/mol. The number of hydrogen-bond donors (Lipinski definition) is 2. The monoisotopic (exact) mass is 265 g/mol. The van der Waals surface area contributed by atoms with Gasteiger partial charge < -0.3 is 20.1 Å². The highest BCUT2D eigenvalue weighted by Gasteiger charge is 2.28. The van der Waals surface area contributed by atoms with Gasteiger partial charge in [0.15, 0.2) is 0 Å². The minimum atomic E-state index is -0.282. The Labute approximate surface area is 112 Å². The van der Waals surface area contributed by atoms with Crippen LogP contribution < -0.4 is 5.32 Å². The SMILES string of the molecule is CCNc1ncccc1C(=O)N1CCOCC1CO. The summed E-state index contributed by atoms with van der Waals surface area (Å²) in [5.41, 5.74) is 0.532. The number of aliphatic hydroxyl groups is 1. The molecule has 0 saturated carbocycles. The summed E-state index contributed by atoms with van der Waals surface area (Å²) in [6.07, 6.45) is 1.65. The second kappa shape index (κ2) is 6.49. The van der Waals surface area contributed by atoms with Gasteiger partial charge in [-0.2, -0.15) is 0 Å². The molecule has 1 unspecified atom stereocenters. The number of pyridine rings is 1. The van der Waals surface area contributed by atoms with Crippen molar-refractivity contribution in [3.05, 3.63) is 23.9 Å². The third kappa shape index (κ3) is 3.02. The first-order valence-electron chi connectivity index (χ1n) is 6.46. The van der Waals surface area contributed by atoms with Crippen molar-refractivity contribution in [2.45, 2.75) is 13.0 Å². The summed E-state index contributed by atoms with van der Waals surface area (Å²) in [6.45, 7) is 3.92. The Hall–Kier alpha value is -1.66. The van der Waals surface area contributed by atoms with Crippen molar-refractivity contribution in [2.24, 2.45) is 0 Å². The van der Waals surface area contributed by atoms with E-state index in [2.05, 4.69) is 10.3 Å². The molecule has 2 rings (SSSR count). The highest BCUT2D eigenvalue weighted by Crippen LogP contribution is 2.17. The molecule has 1 aromatic rings. The molecule has 0 aromatic carbocycles. The van der Waals surface area contributed by atoms with Gasteiger partial charge in [-0.05, 0) is 19.1 Å². The quantitative estimate of drug-likeness (QED) is 0.821. The Balaban J connectivity index is 2.22. The zero-order chi connectivity index (χ0) is 13.7. The van der Waals surface area contributed by atoms with Gasteiger partial charge in [-0.15, -0.1) is 0 Å². The van der Waals surface area contributed by atoms with Crippen LogP contribution in [0.3, 0.4) is 0 Å². The van der Waals surface area contributed by atoms with Crippen LogP contribution in [0.1, 0.15) is 17.3 Å². The van der Waals surface area contributed by atoms with Gasteiger partial charge in [-0.1, -0.05) is 0 Å².